The number of nitrogens with one attached hydrogen (secondary N) is 1. The predicted molar refractivity (Wildman–Crippen MR) is 80.5 cm³/mol. The fraction of sp³-hybridized carbons (Fsp3) is 0.400. The van der Waals surface area contributed by atoms with Gasteiger partial charge in [0.05, 0.1) is 24.6 Å². The zero-order valence-electron chi connectivity index (χ0n) is 12.6. The van der Waals surface area contributed by atoms with Crippen LogP contribution in [0.3, 0.4) is 0 Å². The van der Waals surface area contributed by atoms with Crippen molar-refractivity contribution in [1.82, 2.24) is 19.9 Å². The number of carbonyl (C=O) groups excluding carboxylic acids is 1. The highest BCUT2D eigenvalue weighted by Gasteiger charge is 2.19. The summed E-state index contributed by atoms with van der Waals surface area (Å²) in [5, 5.41) is 0. The van der Waals surface area contributed by atoms with Crippen molar-refractivity contribution in [1.29, 1.82) is 0 Å². The van der Waals surface area contributed by atoms with Crippen molar-refractivity contribution in [3.05, 3.63) is 47.3 Å². The van der Waals surface area contributed by atoms with E-state index in [-0.39, 0.29) is 5.91 Å². The number of nitrogens with two attached hydrogens (primary N) is 1. The first-order chi connectivity index (χ1) is 9.95. The SMILES string of the molecule is Cc1cc(C)nc(CN(C)C(=O)[C@@H](N)Cc2cnc[nH]2)c1. The van der Waals surface area contributed by atoms with E-state index in [1.54, 1.807) is 24.5 Å². The molecule has 21 heavy (non-hydrogen) atoms. The van der Waals surface area contributed by atoms with Crippen molar-refractivity contribution in [2.45, 2.75) is 32.9 Å². The summed E-state index contributed by atoms with van der Waals surface area (Å²) in [5.74, 6) is -0.106. The van der Waals surface area contributed by atoms with E-state index in [2.05, 4.69) is 15.0 Å². The van der Waals surface area contributed by atoms with Gasteiger partial charge in [0.15, 0.2) is 0 Å². The third-order valence-electron chi connectivity index (χ3n) is 3.24. The second-order valence-corrected chi connectivity index (χ2v) is 5.36. The molecule has 0 fully saturated rings. The summed E-state index contributed by atoms with van der Waals surface area (Å²) in [6.45, 7) is 4.42. The molecule has 2 rings (SSSR count). The molecule has 1 amide bonds. The highest BCUT2D eigenvalue weighted by molar-refractivity contribution is 5.81. The highest BCUT2D eigenvalue weighted by atomic mass is 16.2. The Morgan fingerprint density at radius 2 is 2.19 bits per heavy atom. The maximum atomic E-state index is 12.3. The van der Waals surface area contributed by atoms with Crippen molar-refractivity contribution in [3.63, 3.8) is 0 Å². The van der Waals surface area contributed by atoms with Crippen LogP contribution in [0.5, 0.6) is 0 Å². The van der Waals surface area contributed by atoms with Gasteiger partial charge in [-0.25, -0.2) is 4.98 Å². The number of hydrogen-bond donors (Lipinski definition) is 2. The Morgan fingerprint density at radius 1 is 1.43 bits per heavy atom. The lowest BCUT2D eigenvalue weighted by molar-refractivity contribution is -0.131. The second-order valence-electron chi connectivity index (χ2n) is 5.36. The zero-order chi connectivity index (χ0) is 15.4. The van der Waals surface area contributed by atoms with Gasteiger partial charge in [-0.1, -0.05) is 0 Å². The Morgan fingerprint density at radius 3 is 2.81 bits per heavy atom. The van der Waals surface area contributed by atoms with E-state index in [4.69, 9.17) is 5.73 Å². The average molecular weight is 287 g/mol. The lowest BCUT2D eigenvalue weighted by atomic mass is 10.1. The minimum atomic E-state index is -0.582. The zero-order valence-corrected chi connectivity index (χ0v) is 12.6. The van der Waals surface area contributed by atoms with Gasteiger partial charge in [-0.15, -0.1) is 0 Å². The average Bonchev–Trinajstić information content (AvgIpc) is 2.89. The molecule has 0 spiro atoms. The number of aromatic nitrogens is 3. The molecule has 0 aliphatic rings. The van der Waals surface area contributed by atoms with Crippen LogP contribution in [0.2, 0.25) is 0 Å². The maximum Gasteiger partial charge on any atom is 0.239 e. The molecule has 0 aliphatic carbocycles. The van der Waals surface area contributed by atoms with Gasteiger partial charge in [0, 0.05) is 31.1 Å². The number of aryl methyl sites for hydroxylation is 2. The second kappa shape index (κ2) is 6.49. The number of imidazole rings is 1. The predicted octanol–water partition coefficient (Wildman–Crippen LogP) is 0.950. The number of pyridine rings is 1. The van der Waals surface area contributed by atoms with Crippen LogP contribution in [0.15, 0.2) is 24.7 Å². The Bertz CT molecular complexity index is 588. The van der Waals surface area contributed by atoms with E-state index in [0.29, 0.717) is 13.0 Å². The molecule has 1 atom stereocenters. The standard InChI is InChI=1S/C15H21N5O/c1-10-4-11(2)19-13(5-10)8-20(3)15(21)14(16)6-12-7-17-9-18-12/h4-5,7,9,14H,6,8,16H2,1-3H3,(H,17,18)/t14-/m0/s1. The van der Waals surface area contributed by atoms with E-state index in [0.717, 1.165) is 22.6 Å². The number of likely N-dealkylation sites (N-methyl/N-ethyl adjacent to an activating group) is 1. The van der Waals surface area contributed by atoms with Crippen molar-refractivity contribution < 1.29 is 4.79 Å². The summed E-state index contributed by atoms with van der Waals surface area (Å²) in [5.41, 5.74) is 9.78. The molecule has 0 aromatic carbocycles. The van der Waals surface area contributed by atoms with Crippen LogP contribution in [0.1, 0.15) is 22.6 Å². The van der Waals surface area contributed by atoms with Crippen molar-refractivity contribution >= 4 is 5.91 Å². The fourth-order valence-electron chi connectivity index (χ4n) is 2.33. The first-order valence-corrected chi connectivity index (χ1v) is 6.87. The lowest BCUT2D eigenvalue weighted by Crippen LogP contribution is -2.42. The van der Waals surface area contributed by atoms with E-state index in [1.165, 1.54) is 0 Å². The molecule has 0 unspecified atom stereocenters. The molecular formula is C15H21N5O. The summed E-state index contributed by atoms with van der Waals surface area (Å²) in [4.78, 5) is 25.2. The number of nitrogens with zero attached hydrogens (tertiary/aromatic N) is 3. The Labute approximate surface area is 124 Å². The maximum absolute atomic E-state index is 12.3. The molecule has 2 heterocycles. The molecule has 6 heteroatoms. The molecule has 2 aromatic heterocycles. The monoisotopic (exact) mass is 287 g/mol. The molecule has 0 radical (unpaired) electrons. The Kier molecular flexibility index (Phi) is 4.70. The van der Waals surface area contributed by atoms with Gasteiger partial charge >= 0.3 is 0 Å². The smallest absolute Gasteiger partial charge is 0.239 e. The molecule has 0 aliphatic heterocycles. The van der Waals surface area contributed by atoms with E-state index in [9.17, 15) is 4.79 Å². The topological polar surface area (TPSA) is 87.9 Å². The summed E-state index contributed by atoms with van der Waals surface area (Å²) in [6.07, 6.45) is 3.71. The Hall–Kier alpha value is -2.21. The molecule has 112 valence electrons. The van der Waals surface area contributed by atoms with Crippen LogP contribution in [0, 0.1) is 13.8 Å². The van der Waals surface area contributed by atoms with Crippen molar-refractivity contribution in [2.24, 2.45) is 5.73 Å². The molecule has 0 saturated heterocycles. The van der Waals surface area contributed by atoms with Crippen LogP contribution in [-0.2, 0) is 17.8 Å². The van der Waals surface area contributed by atoms with Crippen LogP contribution in [0.4, 0.5) is 0 Å². The third kappa shape index (κ3) is 4.13. The van der Waals surface area contributed by atoms with Crippen molar-refractivity contribution in [3.8, 4) is 0 Å². The van der Waals surface area contributed by atoms with Gasteiger partial charge < -0.3 is 15.6 Å². The molecule has 2 aromatic rings. The molecule has 6 nitrogen and oxygen atoms in total. The molecule has 3 N–H and O–H groups in total. The summed E-state index contributed by atoms with van der Waals surface area (Å²) < 4.78 is 0. The van der Waals surface area contributed by atoms with E-state index < -0.39 is 6.04 Å². The quantitative estimate of drug-likeness (QED) is 0.857. The van der Waals surface area contributed by atoms with Crippen LogP contribution in [0.25, 0.3) is 0 Å². The Balaban J connectivity index is 1.98. The van der Waals surface area contributed by atoms with Gasteiger partial charge in [-0.3, -0.25) is 9.78 Å². The van der Waals surface area contributed by atoms with Gasteiger partial charge in [0.25, 0.3) is 0 Å². The number of amides is 1. The first-order valence-electron chi connectivity index (χ1n) is 6.87. The number of rotatable bonds is 5. The minimum Gasteiger partial charge on any atom is -0.348 e. The number of aromatic amines is 1. The van der Waals surface area contributed by atoms with Gasteiger partial charge in [0.1, 0.15) is 0 Å². The van der Waals surface area contributed by atoms with Gasteiger partial charge in [0.2, 0.25) is 5.91 Å². The normalized spacial score (nSPS) is 12.2. The van der Waals surface area contributed by atoms with E-state index >= 15 is 0 Å². The summed E-state index contributed by atoms with van der Waals surface area (Å²) in [7, 11) is 1.74. The van der Waals surface area contributed by atoms with Crippen LogP contribution in [-0.4, -0.2) is 38.8 Å². The minimum absolute atomic E-state index is 0.106. The molecule has 0 bridgehead atoms. The lowest BCUT2D eigenvalue weighted by Gasteiger charge is -2.21. The van der Waals surface area contributed by atoms with Gasteiger partial charge in [-0.2, -0.15) is 0 Å². The van der Waals surface area contributed by atoms with E-state index in [1.807, 2.05) is 26.0 Å². The van der Waals surface area contributed by atoms with Crippen LogP contribution < -0.4 is 5.73 Å². The number of H-pyrrole nitrogens is 1. The first kappa shape index (κ1) is 15.2. The highest BCUT2D eigenvalue weighted by Crippen LogP contribution is 2.08. The summed E-state index contributed by atoms with van der Waals surface area (Å²) >= 11 is 0. The molecular weight excluding hydrogens is 266 g/mol. The fourth-order valence-corrected chi connectivity index (χ4v) is 2.33. The van der Waals surface area contributed by atoms with Crippen molar-refractivity contribution in [2.75, 3.05) is 7.05 Å². The number of hydrogen-bond acceptors (Lipinski definition) is 4. The third-order valence-corrected chi connectivity index (χ3v) is 3.24. The number of carbonyl (C=O) groups is 1. The van der Waals surface area contributed by atoms with Gasteiger partial charge in [-0.05, 0) is 31.5 Å². The largest absolute Gasteiger partial charge is 0.348 e. The van der Waals surface area contributed by atoms with Crippen LogP contribution >= 0.6 is 0 Å². The molecule has 0 saturated carbocycles. The summed E-state index contributed by atoms with van der Waals surface area (Å²) in [6, 6.07) is 3.41.